The lowest BCUT2D eigenvalue weighted by Gasteiger charge is -2.12. The summed E-state index contributed by atoms with van der Waals surface area (Å²) in [5.74, 6) is 1.83. The van der Waals surface area contributed by atoms with Crippen LogP contribution in [0, 0.1) is 0 Å². The maximum absolute atomic E-state index is 12.2. The van der Waals surface area contributed by atoms with Crippen LogP contribution >= 0.6 is 0 Å². The predicted octanol–water partition coefficient (Wildman–Crippen LogP) is 3.68. The van der Waals surface area contributed by atoms with Gasteiger partial charge in [0.05, 0.1) is 20.3 Å². The van der Waals surface area contributed by atoms with E-state index in [1.165, 1.54) is 0 Å². The zero-order chi connectivity index (χ0) is 17.9. The zero-order valence-corrected chi connectivity index (χ0v) is 14.8. The zero-order valence-electron chi connectivity index (χ0n) is 14.8. The van der Waals surface area contributed by atoms with Gasteiger partial charge < -0.3 is 19.5 Å². The molecule has 1 N–H and O–H groups in total. The SMILES string of the molecule is CCCCOc1ccc(C(=O)NCCOc2ccccc2)cc1OC. The van der Waals surface area contributed by atoms with Crippen LogP contribution in [0.2, 0.25) is 0 Å². The van der Waals surface area contributed by atoms with Crippen LogP contribution < -0.4 is 19.5 Å². The second-order valence-electron chi connectivity index (χ2n) is 5.49. The van der Waals surface area contributed by atoms with E-state index in [1.807, 2.05) is 30.3 Å². The number of rotatable bonds is 10. The Kier molecular flexibility index (Phi) is 7.63. The van der Waals surface area contributed by atoms with Crippen LogP contribution in [0.15, 0.2) is 48.5 Å². The van der Waals surface area contributed by atoms with Gasteiger partial charge in [-0.2, -0.15) is 0 Å². The minimum absolute atomic E-state index is 0.171. The Balaban J connectivity index is 1.84. The molecular weight excluding hydrogens is 318 g/mol. The van der Waals surface area contributed by atoms with E-state index >= 15 is 0 Å². The highest BCUT2D eigenvalue weighted by atomic mass is 16.5. The van der Waals surface area contributed by atoms with Gasteiger partial charge >= 0.3 is 0 Å². The van der Waals surface area contributed by atoms with Gasteiger partial charge in [0.2, 0.25) is 0 Å². The van der Waals surface area contributed by atoms with E-state index in [-0.39, 0.29) is 5.91 Å². The topological polar surface area (TPSA) is 56.8 Å². The predicted molar refractivity (Wildman–Crippen MR) is 97.7 cm³/mol. The fraction of sp³-hybridized carbons (Fsp3) is 0.350. The number of methoxy groups -OCH3 is 1. The van der Waals surface area contributed by atoms with Crippen molar-refractivity contribution in [2.24, 2.45) is 0 Å². The Hall–Kier alpha value is -2.69. The molecular formula is C20H25NO4. The van der Waals surface area contributed by atoms with Crippen molar-refractivity contribution < 1.29 is 19.0 Å². The highest BCUT2D eigenvalue weighted by Crippen LogP contribution is 2.28. The second-order valence-corrected chi connectivity index (χ2v) is 5.49. The fourth-order valence-electron chi connectivity index (χ4n) is 2.21. The summed E-state index contributed by atoms with van der Waals surface area (Å²) in [7, 11) is 1.57. The molecule has 0 aliphatic carbocycles. The third kappa shape index (κ3) is 6.03. The first-order valence-corrected chi connectivity index (χ1v) is 8.51. The number of hydrogen-bond acceptors (Lipinski definition) is 4. The van der Waals surface area contributed by atoms with Crippen molar-refractivity contribution >= 4 is 5.91 Å². The fourth-order valence-corrected chi connectivity index (χ4v) is 2.21. The van der Waals surface area contributed by atoms with Gasteiger partial charge in [0.25, 0.3) is 5.91 Å². The molecule has 1 amide bonds. The van der Waals surface area contributed by atoms with Crippen LogP contribution in [0.1, 0.15) is 30.1 Å². The Morgan fingerprint density at radius 2 is 1.80 bits per heavy atom. The molecule has 2 rings (SSSR count). The largest absolute Gasteiger partial charge is 0.493 e. The molecule has 0 heterocycles. The van der Waals surface area contributed by atoms with E-state index in [1.54, 1.807) is 25.3 Å². The molecule has 2 aromatic rings. The van der Waals surface area contributed by atoms with Crippen molar-refractivity contribution in [2.75, 3.05) is 26.9 Å². The summed E-state index contributed by atoms with van der Waals surface area (Å²) in [4.78, 5) is 12.2. The number of para-hydroxylation sites is 1. The molecule has 0 atom stereocenters. The Morgan fingerprint density at radius 3 is 2.52 bits per heavy atom. The number of benzene rings is 2. The van der Waals surface area contributed by atoms with Gasteiger partial charge in [0, 0.05) is 5.56 Å². The number of hydrogen-bond donors (Lipinski definition) is 1. The van der Waals surface area contributed by atoms with Crippen molar-refractivity contribution in [1.29, 1.82) is 0 Å². The van der Waals surface area contributed by atoms with Crippen LogP contribution in [0.25, 0.3) is 0 Å². The molecule has 0 aliphatic heterocycles. The maximum Gasteiger partial charge on any atom is 0.251 e. The van der Waals surface area contributed by atoms with Crippen molar-refractivity contribution in [3.05, 3.63) is 54.1 Å². The third-order valence-electron chi connectivity index (χ3n) is 3.58. The summed E-state index contributed by atoms with van der Waals surface area (Å²) in [6.45, 7) is 3.57. The van der Waals surface area contributed by atoms with E-state index in [4.69, 9.17) is 14.2 Å². The van der Waals surface area contributed by atoms with Gasteiger partial charge in [-0.05, 0) is 36.8 Å². The van der Waals surface area contributed by atoms with Gasteiger partial charge in [-0.3, -0.25) is 4.79 Å². The van der Waals surface area contributed by atoms with Gasteiger partial charge in [-0.25, -0.2) is 0 Å². The first-order valence-electron chi connectivity index (χ1n) is 8.51. The van der Waals surface area contributed by atoms with E-state index in [2.05, 4.69) is 12.2 Å². The van der Waals surface area contributed by atoms with Gasteiger partial charge in [0.1, 0.15) is 12.4 Å². The van der Waals surface area contributed by atoms with Gasteiger partial charge in [-0.15, -0.1) is 0 Å². The molecule has 0 spiro atoms. The van der Waals surface area contributed by atoms with Crippen molar-refractivity contribution in [3.63, 3.8) is 0 Å². The Morgan fingerprint density at radius 1 is 1.00 bits per heavy atom. The highest BCUT2D eigenvalue weighted by Gasteiger charge is 2.11. The first kappa shape index (κ1) is 18.6. The van der Waals surface area contributed by atoms with Gasteiger partial charge in [0.15, 0.2) is 11.5 Å². The molecule has 0 aromatic heterocycles. The first-order chi connectivity index (χ1) is 12.2. The van der Waals surface area contributed by atoms with E-state index in [0.29, 0.717) is 36.8 Å². The molecule has 0 aliphatic rings. The summed E-state index contributed by atoms with van der Waals surface area (Å²) in [5, 5.41) is 2.83. The summed E-state index contributed by atoms with van der Waals surface area (Å²) in [5.41, 5.74) is 0.527. The lowest BCUT2D eigenvalue weighted by molar-refractivity contribution is 0.0946. The van der Waals surface area contributed by atoms with Crippen molar-refractivity contribution in [2.45, 2.75) is 19.8 Å². The van der Waals surface area contributed by atoms with Crippen LogP contribution in [0.3, 0.4) is 0 Å². The minimum atomic E-state index is -0.171. The maximum atomic E-state index is 12.2. The van der Waals surface area contributed by atoms with Crippen LogP contribution in [0.5, 0.6) is 17.2 Å². The number of carbonyl (C=O) groups is 1. The molecule has 0 bridgehead atoms. The van der Waals surface area contributed by atoms with Crippen LogP contribution in [-0.2, 0) is 0 Å². The molecule has 0 fully saturated rings. The quantitative estimate of drug-likeness (QED) is 0.669. The number of ether oxygens (including phenoxy) is 3. The normalized spacial score (nSPS) is 10.2. The van der Waals surface area contributed by atoms with Crippen molar-refractivity contribution in [3.8, 4) is 17.2 Å². The summed E-state index contributed by atoms with van der Waals surface area (Å²) in [6.07, 6.45) is 2.04. The average Bonchev–Trinajstić information content (AvgIpc) is 2.66. The standard InChI is InChI=1S/C20H25NO4/c1-3-4-13-25-18-11-10-16(15-19(18)23-2)20(22)21-12-14-24-17-8-6-5-7-9-17/h5-11,15H,3-4,12-14H2,1-2H3,(H,21,22). The lowest BCUT2D eigenvalue weighted by atomic mass is 10.2. The van der Waals surface area contributed by atoms with Crippen LogP contribution in [-0.4, -0.2) is 32.8 Å². The Labute approximate surface area is 148 Å². The smallest absolute Gasteiger partial charge is 0.251 e. The summed E-state index contributed by atoms with van der Waals surface area (Å²) < 4.78 is 16.5. The molecule has 0 saturated heterocycles. The summed E-state index contributed by atoms with van der Waals surface area (Å²) in [6, 6.07) is 14.7. The number of carbonyl (C=O) groups excluding carboxylic acids is 1. The number of nitrogens with one attached hydrogen (secondary N) is 1. The number of amides is 1. The van der Waals surface area contributed by atoms with E-state index in [9.17, 15) is 4.79 Å². The van der Waals surface area contributed by atoms with Crippen molar-refractivity contribution in [1.82, 2.24) is 5.32 Å². The summed E-state index contributed by atoms with van der Waals surface area (Å²) >= 11 is 0. The molecule has 2 aromatic carbocycles. The minimum Gasteiger partial charge on any atom is -0.493 e. The molecule has 0 unspecified atom stereocenters. The number of unbranched alkanes of at least 4 members (excludes halogenated alkanes) is 1. The molecule has 5 nitrogen and oxygen atoms in total. The second kappa shape index (κ2) is 10.2. The molecule has 5 heteroatoms. The lowest BCUT2D eigenvalue weighted by Crippen LogP contribution is -2.28. The molecule has 0 saturated carbocycles. The Bertz CT molecular complexity index is 658. The van der Waals surface area contributed by atoms with E-state index in [0.717, 1.165) is 18.6 Å². The van der Waals surface area contributed by atoms with Gasteiger partial charge in [-0.1, -0.05) is 31.5 Å². The average molecular weight is 343 g/mol. The van der Waals surface area contributed by atoms with Crippen LogP contribution in [0.4, 0.5) is 0 Å². The molecule has 134 valence electrons. The third-order valence-corrected chi connectivity index (χ3v) is 3.58. The molecule has 25 heavy (non-hydrogen) atoms. The highest BCUT2D eigenvalue weighted by molar-refractivity contribution is 5.94. The van der Waals surface area contributed by atoms with E-state index < -0.39 is 0 Å². The molecule has 0 radical (unpaired) electrons. The monoisotopic (exact) mass is 343 g/mol.